The molecule has 0 saturated heterocycles. The minimum absolute atomic E-state index is 0.176. The van der Waals surface area contributed by atoms with Gasteiger partial charge in [0.15, 0.2) is 6.61 Å². The average Bonchev–Trinajstić information content (AvgIpc) is 2.66. The van der Waals surface area contributed by atoms with E-state index < -0.39 is 24.5 Å². The first kappa shape index (κ1) is 18.8. The quantitative estimate of drug-likeness (QED) is 0.650. The lowest BCUT2D eigenvalue weighted by Crippen LogP contribution is -2.37. The minimum atomic E-state index is -1.03. The van der Waals surface area contributed by atoms with Crippen LogP contribution in [0.3, 0.4) is 0 Å². The Labute approximate surface area is 158 Å². The van der Waals surface area contributed by atoms with Crippen molar-refractivity contribution in [1.82, 2.24) is 14.9 Å². The van der Waals surface area contributed by atoms with Crippen LogP contribution in [0, 0.1) is 6.92 Å². The van der Waals surface area contributed by atoms with Crippen molar-refractivity contribution in [2.24, 2.45) is 5.73 Å². The molecule has 9 heteroatoms. The number of para-hydroxylation sites is 1. The third kappa shape index (κ3) is 3.88. The molecule has 0 unspecified atom stereocenters. The van der Waals surface area contributed by atoms with Crippen LogP contribution in [0.2, 0.25) is 0 Å². The van der Waals surface area contributed by atoms with Gasteiger partial charge in [-0.3, -0.25) is 19.5 Å². The number of hydrogen-bond donors (Lipinski definition) is 2. The summed E-state index contributed by atoms with van der Waals surface area (Å²) in [6.45, 7) is 1.07. The van der Waals surface area contributed by atoms with Crippen LogP contribution < -0.4 is 16.6 Å². The van der Waals surface area contributed by atoms with E-state index >= 15 is 0 Å². The van der Waals surface area contributed by atoms with Gasteiger partial charge in [0.05, 0.1) is 22.2 Å². The highest BCUT2D eigenvalue weighted by atomic mass is 16.5. The predicted molar refractivity (Wildman–Crippen MR) is 100 cm³/mol. The summed E-state index contributed by atoms with van der Waals surface area (Å²) in [6, 6.07) is 12.1. The molecule has 3 N–H and O–H groups in total. The van der Waals surface area contributed by atoms with E-state index in [1.165, 1.54) is 16.7 Å². The fraction of sp³-hybridized carbons (Fsp3) is 0.105. The van der Waals surface area contributed by atoms with E-state index in [0.29, 0.717) is 22.4 Å². The molecule has 1 aromatic heterocycles. The Morgan fingerprint density at radius 3 is 2.46 bits per heavy atom. The Hall–Kier alpha value is -4.01. The molecular formula is C19H16N4O5. The second-order valence-electron chi connectivity index (χ2n) is 5.85. The highest BCUT2D eigenvalue weighted by molar-refractivity contribution is 5.96. The Morgan fingerprint density at radius 1 is 1.11 bits per heavy atom. The number of aromatic nitrogens is 2. The second kappa shape index (κ2) is 7.70. The van der Waals surface area contributed by atoms with Crippen molar-refractivity contribution >= 4 is 28.8 Å². The molecule has 1 heterocycles. The maximum absolute atomic E-state index is 12.8. The number of amides is 3. The van der Waals surface area contributed by atoms with Gasteiger partial charge in [-0.2, -0.15) is 0 Å². The second-order valence-corrected chi connectivity index (χ2v) is 5.85. The number of primary amides is 1. The van der Waals surface area contributed by atoms with Crippen LogP contribution in [0.4, 0.5) is 4.79 Å². The van der Waals surface area contributed by atoms with Gasteiger partial charge in [-0.05, 0) is 43.3 Å². The number of rotatable bonds is 4. The maximum Gasteiger partial charge on any atom is 0.338 e. The molecule has 0 fully saturated rings. The summed E-state index contributed by atoms with van der Waals surface area (Å²) >= 11 is 0. The fourth-order valence-electron chi connectivity index (χ4n) is 2.68. The van der Waals surface area contributed by atoms with Crippen molar-refractivity contribution in [1.29, 1.82) is 0 Å². The number of imide groups is 1. The molecule has 3 amide bonds. The monoisotopic (exact) mass is 380 g/mol. The Balaban J connectivity index is 1.82. The molecule has 0 aliphatic carbocycles. The molecule has 0 aliphatic heterocycles. The van der Waals surface area contributed by atoms with Crippen molar-refractivity contribution in [3.8, 4) is 5.69 Å². The average molecular weight is 380 g/mol. The number of nitrogens with two attached hydrogens (primary N) is 1. The number of nitrogens with zero attached hydrogens (tertiary/aromatic N) is 2. The van der Waals surface area contributed by atoms with Gasteiger partial charge >= 0.3 is 12.0 Å². The molecule has 3 rings (SSSR count). The van der Waals surface area contributed by atoms with Crippen molar-refractivity contribution in [3.05, 3.63) is 70.3 Å². The lowest BCUT2D eigenvalue weighted by molar-refractivity contribution is -0.123. The first-order valence-electron chi connectivity index (χ1n) is 8.22. The topological polar surface area (TPSA) is 133 Å². The number of carbonyl (C=O) groups excluding carboxylic acids is 3. The highest BCUT2D eigenvalue weighted by Crippen LogP contribution is 2.14. The maximum atomic E-state index is 12.8. The molecular weight excluding hydrogens is 364 g/mol. The van der Waals surface area contributed by atoms with Gasteiger partial charge in [-0.25, -0.2) is 14.6 Å². The number of hydrogen-bond acceptors (Lipinski definition) is 6. The van der Waals surface area contributed by atoms with E-state index in [0.717, 1.165) is 0 Å². The summed E-state index contributed by atoms with van der Waals surface area (Å²) in [4.78, 5) is 51.0. The van der Waals surface area contributed by atoms with E-state index in [1.807, 2.05) is 6.07 Å². The Kier molecular flexibility index (Phi) is 5.16. The molecule has 3 aromatic rings. The van der Waals surface area contributed by atoms with Gasteiger partial charge in [-0.15, -0.1) is 0 Å². The lowest BCUT2D eigenvalue weighted by atomic mass is 10.2. The lowest BCUT2D eigenvalue weighted by Gasteiger charge is -2.11. The van der Waals surface area contributed by atoms with Gasteiger partial charge in [0, 0.05) is 0 Å². The van der Waals surface area contributed by atoms with Crippen LogP contribution in [0.5, 0.6) is 0 Å². The zero-order chi connectivity index (χ0) is 20.3. The largest absolute Gasteiger partial charge is 0.452 e. The summed E-state index contributed by atoms with van der Waals surface area (Å²) < 4.78 is 6.24. The van der Waals surface area contributed by atoms with Crippen LogP contribution in [-0.4, -0.2) is 34.1 Å². The SMILES string of the molecule is Cc1nc2ccccc2c(=O)n1-c1ccc(C(=O)OCC(=O)NC(N)=O)cc1. The van der Waals surface area contributed by atoms with Gasteiger partial charge in [0.25, 0.3) is 11.5 Å². The molecule has 0 atom stereocenters. The van der Waals surface area contributed by atoms with E-state index in [9.17, 15) is 19.2 Å². The molecule has 0 radical (unpaired) electrons. The number of carbonyl (C=O) groups is 3. The molecule has 2 aromatic carbocycles. The van der Waals surface area contributed by atoms with E-state index in [2.05, 4.69) is 4.98 Å². The third-order valence-corrected chi connectivity index (χ3v) is 3.90. The summed E-state index contributed by atoms with van der Waals surface area (Å²) in [5, 5.41) is 2.27. The number of aryl methyl sites for hydroxylation is 1. The molecule has 9 nitrogen and oxygen atoms in total. The molecule has 0 saturated carbocycles. The van der Waals surface area contributed by atoms with Gasteiger partial charge in [-0.1, -0.05) is 12.1 Å². The third-order valence-electron chi connectivity index (χ3n) is 3.90. The van der Waals surface area contributed by atoms with Crippen molar-refractivity contribution in [2.45, 2.75) is 6.92 Å². The van der Waals surface area contributed by atoms with E-state index in [4.69, 9.17) is 10.5 Å². The van der Waals surface area contributed by atoms with Crippen molar-refractivity contribution in [3.63, 3.8) is 0 Å². The number of ether oxygens (including phenoxy) is 1. The number of nitrogens with one attached hydrogen (secondary N) is 1. The molecule has 0 spiro atoms. The van der Waals surface area contributed by atoms with Gasteiger partial charge < -0.3 is 10.5 Å². The number of benzene rings is 2. The molecule has 0 bridgehead atoms. The van der Waals surface area contributed by atoms with Crippen LogP contribution >= 0.6 is 0 Å². The summed E-state index contributed by atoms with van der Waals surface area (Å²) in [5.74, 6) is -1.09. The molecule has 0 aliphatic rings. The van der Waals surface area contributed by atoms with Gasteiger partial charge in [0.1, 0.15) is 5.82 Å². The van der Waals surface area contributed by atoms with Crippen LogP contribution in [0.15, 0.2) is 53.3 Å². The van der Waals surface area contributed by atoms with Crippen molar-refractivity contribution in [2.75, 3.05) is 6.61 Å². The summed E-state index contributed by atoms with van der Waals surface area (Å²) in [7, 11) is 0. The minimum Gasteiger partial charge on any atom is -0.452 e. The molecule has 142 valence electrons. The first-order valence-corrected chi connectivity index (χ1v) is 8.22. The summed E-state index contributed by atoms with van der Waals surface area (Å²) in [5.41, 5.74) is 5.89. The first-order chi connectivity index (χ1) is 13.4. The van der Waals surface area contributed by atoms with Crippen LogP contribution in [0.1, 0.15) is 16.2 Å². The molecule has 28 heavy (non-hydrogen) atoms. The standard InChI is InChI=1S/C19H16N4O5/c1-11-21-15-5-3-2-4-14(15)17(25)23(11)13-8-6-12(7-9-13)18(26)28-10-16(24)22-19(20)27/h2-9H,10H2,1H3,(H3,20,22,24,27). The number of esters is 1. The zero-order valence-corrected chi connectivity index (χ0v) is 14.8. The van der Waals surface area contributed by atoms with Gasteiger partial charge in [0.2, 0.25) is 0 Å². The number of fused-ring (bicyclic) bond motifs is 1. The number of urea groups is 1. The highest BCUT2D eigenvalue weighted by Gasteiger charge is 2.13. The van der Waals surface area contributed by atoms with Crippen LogP contribution in [-0.2, 0) is 9.53 Å². The van der Waals surface area contributed by atoms with E-state index in [1.54, 1.807) is 42.6 Å². The summed E-state index contributed by atoms with van der Waals surface area (Å²) in [6.07, 6.45) is 0. The normalized spacial score (nSPS) is 10.5. The van der Waals surface area contributed by atoms with Crippen LogP contribution in [0.25, 0.3) is 16.6 Å². The predicted octanol–water partition coefficient (Wildman–Crippen LogP) is 1.05. The Morgan fingerprint density at radius 2 is 1.79 bits per heavy atom. The smallest absolute Gasteiger partial charge is 0.338 e. The fourth-order valence-corrected chi connectivity index (χ4v) is 2.68. The Bertz CT molecular complexity index is 1140. The van der Waals surface area contributed by atoms with E-state index in [-0.39, 0.29) is 11.1 Å². The zero-order valence-electron chi connectivity index (χ0n) is 14.8. The van der Waals surface area contributed by atoms with Crippen molar-refractivity contribution < 1.29 is 19.1 Å².